The van der Waals surface area contributed by atoms with Crippen molar-refractivity contribution in [3.05, 3.63) is 30.1 Å². The third kappa shape index (κ3) is 2.51. The summed E-state index contributed by atoms with van der Waals surface area (Å²) in [6, 6.07) is 3.92. The van der Waals surface area contributed by atoms with E-state index in [0.717, 1.165) is 29.7 Å². The van der Waals surface area contributed by atoms with Crippen LogP contribution >= 0.6 is 0 Å². The van der Waals surface area contributed by atoms with Crippen LogP contribution in [0.2, 0.25) is 0 Å². The summed E-state index contributed by atoms with van der Waals surface area (Å²) in [4.78, 5) is 15.7. The van der Waals surface area contributed by atoms with Crippen molar-refractivity contribution in [2.45, 2.75) is 20.0 Å². The predicted molar refractivity (Wildman–Crippen MR) is 69.1 cm³/mol. The summed E-state index contributed by atoms with van der Waals surface area (Å²) in [6.07, 6.45) is 3.68. The van der Waals surface area contributed by atoms with E-state index in [-0.39, 0.29) is 12.5 Å². The third-order valence-corrected chi connectivity index (χ3v) is 2.81. The molecular weight excluding hydrogens is 230 g/mol. The maximum atomic E-state index is 11.4. The van der Waals surface area contributed by atoms with Crippen LogP contribution in [-0.2, 0) is 22.6 Å². The number of rotatable bonds is 5. The summed E-state index contributed by atoms with van der Waals surface area (Å²) in [5, 5.41) is 4.35. The Balaban J connectivity index is 2.37. The van der Waals surface area contributed by atoms with E-state index in [1.165, 1.54) is 7.11 Å². The zero-order valence-corrected chi connectivity index (χ0v) is 10.6. The summed E-state index contributed by atoms with van der Waals surface area (Å²) in [5.41, 5.74) is 1.96. The van der Waals surface area contributed by atoms with Crippen molar-refractivity contribution in [1.82, 2.24) is 14.9 Å². The molecule has 2 aromatic heterocycles. The number of carbonyl (C=O) groups is 1. The number of methoxy groups -OCH3 is 1. The van der Waals surface area contributed by atoms with Gasteiger partial charge in [-0.3, -0.25) is 4.79 Å². The summed E-state index contributed by atoms with van der Waals surface area (Å²) in [5.74, 6) is -0.271. The number of fused-ring (bicyclic) bond motifs is 1. The highest BCUT2D eigenvalue weighted by atomic mass is 16.5. The van der Waals surface area contributed by atoms with Crippen LogP contribution in [0.15, 0.2) is 24.5 Å². The average molecular weight is 247 g/mol. The normalized spacial score (nSPS) is 10.8. The molecule has 0 fully saturated rings. The van der Waals surface area contributed by atoms with Gasteiger partial charge in [0, 0.05) is 24.3 Å². The molecule has 0 amide bonds. The highest BCUT2D eigenvalue weighted by Gasteiger charge is 2.11. The van der Waals surface area contributed by atoms with Gasteiger partial charge in [-0.1, -0.05) is 6.92 Å². The first-order valence-corrected chi connectivity index (χ1v) is 5.96. The van der Waals surface area contributed by atoms with Gasteiger partial charge < -0.3 is 14.6 Å². The Kier molecular flexibility index (Phi) is 3.94. The lowest BCUT2D eigenvalue weighted by molar-refractivity contribution is -0.141. The topological polar surface area (TPSA) is 56.2 Å². The van der Waals surface area contributed by atoms with Crippen molar-refractivity contribution in [3.8, 4) is 0 Å². The van der Waals surface area contributed by atoms with Crippen molar-refractivity contribution >= 4 is 17.0 Å². The fourth-order valence-electron chi connectivity index (χ4n) is 1.92. The molecular formula is C13H17N3O2. The Bertz CT molecular complexity index is 548. The number of ether oxygens (including phenoxy) is 1. The van der Waals surface area contributed by atoms with E-state index in [4.69, 9.17) is 4.74 Å². The Morgan fingerprint density at radius 3 is 3.11 bits per heavy atom. The van der Waals surface area contributed by atoms with Gasteiger partial charge in [-0.2, -0.15) is 0 Å². The third-order valence-electron chi connectivity index (χ3n) is 2.81. The quantitative estimate of drug-likeness (QED) is 0.810. The van der Waals surface area contributed by atoms with Gasteiger partial charge in [0.05, 0.1) is 7.11 Å². The van der Waals surface area contributed by atoms with Crippen molar-refractivity contribution in [3.63, 3.8) is 0 Å². The van der Waals surface area contributed by atoms with Crippen LogP contribution in [0.4, 0.5) is 0 Å². The molecule has 0 aliphatic heterocycles. The molecule has 0 unspecified atom stereocenters. The van der Waals surface area contributed by atoms with E-state index in [1.807, 2.05) is 22.9 Å². The van der Waals surface area contributed by atoms with Crippen LogP contribution < -0.4 is 5.32 Å². The zero-order chi connectivity index (χ0) is 13.0. The summed E-state index contributed by atoms with van der Waals surface area (Å²) >= 11 is 0. The first kappa shape index (κ1) is 12.6. The number of esters is 1. The largest absolute Gasteiger partial charge is 0.468 e. The molecule has 2 heterocycles. The Morgan fingerprint density at radius 1 is 1.56 bits per heavy atom. The monoisotopic (exact) mass is 247 g/mol. The molecule has 0 radical (unpaired) electrons. The standard InChI is InChI=1S/C13H17N3O2/c1-3-14-7-10-8-16(9-12(17)18-2)13-11(10)5-4-6-15-13/h4-6,8,14H,3,7,9H2,1-2H3. The first-order valence-electron chi connectivity index (χ1n) is 5.96. The first-order chi connectivity index (χ1) is 8.76. The maximum Gasteiger partial charge on any atom is 0.325 e. The number of pyridine rings is 1. The second kappa shape index (κ2) is 5.64. The van der Waals surface area contributed by atoms with Gasteiger partial charge in [-0.15, -0.1) is 0 Å². The van der Waals surface area contributed by atoms with Gasteiger partial charge in [0.15, 0.2) is 0 Å². The van der Waals surface area contributed by atoms with Gasteiger partial charge >= 0.3 is 5.97 Å². The molecule has 0 saturated carbocycles. The lowest BCUT2D eigenvalue weighted by atomic mass is 10.2. The molecule has 5 heteroatoms. The van der Waals surface area contributed by atoms with Crippen molar-refractivity contribution in [1.29, 1.82) is 0 Å². The second-order valence-electron chi connectivity index (χ2n) is 4.01. The number of aromatic nitrogens is 2. The van der Waals surface area contributed by atoms with Crippen LogP contribution in [-0.4, -0.2) is 29.2 Å². The average Bonchev–Trinajstić information content (AvgIpc) is 2.75. The SMILES string of the molecule is CCNCc1cn(CC(=O)OC)c2ncccc12. The molecule has 0 saturated heterocycles. The van der Waals surface area contributed by atoms with E-state index < -0.39 is 0 Å². The van der Waals surface area contributed by atoms with Gasteiger partial charge in [0.1, 0.15) is 12.2 Å². The molecule has 0 bridgehead atoms. The molecule has 0 aliphatic carbocycles. The fourth-order valence-corrected chi connectivity index (χ4v) is 1.92. The minimum atomic E-state index is -0.271. The van der Waals surface area contributed by atoms with Crippen molar-refractivity contribution < 1.29 is 9.53 Å². The van der Waals surface area contributed by atoms with E-state index >= 15 is 0 Å². The Labute approximate surface area is 106 Å². The van der Waals surface area contributed by atoms with Crippen LogP contribution in [0.3, 0.4) is 0 Å². The highest BCUT2D eigenvalue weighted by molar-refractivity contribution is 5.82. The molecule has 0 aliphatic rings. The molecule has 96 valence electrons. The summed E-state index contributed by atoms with van der Waals surface area (Å²) in [7, 11) is 1.39. The lowest BCUT2D eigenvalue weighted by Crippen LogP contribution is -2.12. The minimum Gasteiger partial charge on any atom is -0.468 e. The Hall–Kier alpha value is -1.88. The predicted octanol–water partition coefficient (Wildman–Crippen LogP) is 1.32. The highest BCUT2D eigenvalue weighted by Crippen LogP contribution is 2.19. The fraction of sp³-hybridized carbons (Fsp3) is 0.385. The smallest absolute Gasteiger partial charge is 0.325 e. The minimum absolute atomic E-state index is 0.191. The van der Waals surface area contributed by atoms with E-state index in [1.54, 1.807) is 6.20 Å². The van der Waals surface area contributed by atoms with E-state index in [0.29, 0.717) is 0 Å². The van der Waals surface area contributed by atoms with Crippen LogP contribution in [0.25, 0.3) is 11.0 Å². The molecule has 0 atom stereocenters. The van der Waals surface area contributed by atoms with Gasteiger partial charge in [-0.05, 0) is 24.2 Å². The zero-order valence-electron chi connectivity index (χ0n) is 10.6. The molecule has 18 heavy (non-hydrogen) atoms. The number of nitrogens with zero attached hydrogens (tertiary/aromatic N) is 2. The van der Waals surface area contributed by atoms with Crippen LogP contribution in [0, 0.1) is 0 Å². The molecule has 5 nitrogen and oxygen atoms in total. The summed E-state index contributed by atoms with van der Waals surface area (Å²) in [6.45, 7) is 3.93. The van der Waals surface area contributed by atoms with Crippen LogP contribution in [0.1, 0.15) is 12.5 Å². The van der Waals surface area contributed by atoms with Gasteiger partial charge in [-0.25, -0.2) is 4.98 Å². The number of hydrogen-bond acceptors (Lipinski definition) is 4. The maximum absolute atomic E-state index is 11.4. The van der Waals surface area contributed by atoms with Crippen LogP contribution in [0.5, 0.6) is 0 Å². The number of carbonyl (C=O) groups excluding carboxylic acids is 1. The lowest BCUT2D eigenvalue weighted by Gasteiger charge is -2.01. The molecule has 2 aromatic rings. The van der Waals surface area contributed by atoms with Crippen molar-refractivity contribution in [2.24, 2.45) is 0 Å². The van der Waals surface area contributed by atoms with E-state index in [9.17, 15) is 4.79 Å². The molecule has 2 rings (SSSR count). The number of hydrogen-bond donors (Lipinski definition) is 1. The molecule has 0 spiro atoms. The van der Waals surface area contributed by atoms with E-state index in [2.05, 4.69) is 17.2 Å². The summed E-state index contributed by atoms with van der Waals surface area (Å²) < 4.78 is 6.52. The molecule has 0 aromatic carbocycles. The molecule has 1 N–H and O–H groups in total. The number of nitrogens with one attached hydrogen (secondary N) is 1. The van der Waals surface area contributed by atoms with Gasteiger partial charge in [0.25, 0.3) is 0 Å². The van der Waals surface area contributed by atoms with Crippen molar-refractivity contribution in [2.75, 3.05) is 13.7 Å². The Morgan fingerprint density at radius 2 is 2.39 bits per heavy atom. The second-order valence-corrected chi connectivity index (χ2v) is 4.01. The van der Waals surface area contributed by atoms with Gasteiger partial charge in [0.2, 0.25) is 0 Å².